The first-order valence-electron chi connectivity index (χ1n) is 3.58. The molecule has 0 saturated carbocycles. The van der Waals surface area contributed by atoms with E-state index in [9.17, 15) is 0 Å². The molecule has 0 aromatic carbocycles. The van der Waals surface area contributed by atoms with Gasteiger partial charge in [0.05, 0.1) is 8.80 Å². The summed E-state index contributed by atoms with van der Waals surface area (Å²) in [7, 11) is -0.464. The molecule has 0 amide bonds. The van der Waals surface area contributed by atoms with Crippen LogP contribution in [0.1, 0.15) is 13.3 Å². The maximum atomic E-state index is 2.39. The average Bonchev–Trinajstić information content (AvgIpc) is 2.13. The van der Waals surface area contributed by atoms with Crippen LogP contribution in [0.25, 0.3) is 0 Å². The fourth-order valence-electron chi connectivity index (χ4n) is 1.32. The number of hydrogen-bond donors (Lipinski definition) is 0. The Hall–Kier alpha value is -0.303. The summed E-state index contributed by atoms with van der Waals surface area (Å²) in [4.78, 5) is 0. The van der Waals surface area contributed by atoms with Crippen LogP contribution in [0.5, 0.6) is 0 Å². The smallest absolute Gasteiger partial charge is 0.0603 e. The summed E-state index contributed by atoms with van der Waals surface area (Å²) in [5.74, 6) is 0. The minimum Gasteiger partial charge on any atom is -0.0806 e. The number of allylic oxidation sites excluding steroid dienone is 4. The van der Waals surface area contributed by atoms with Crippen molar-refractivity contribution in [1.82, 2.24) is 0 Å². The minimum absolute atomic E-state index is 0.464. The summed E-state index contributed by atoms with van der Waals surface area (Å²) in [6.45, 7) is 7.02. The van der Waals surface area contributed by atoms with Crippen LogP contribution in [0.2, 0.25) is 13.1 Å². The van der Waals surface area contributed by atoms with E-state index in [0.29, 0.717) is 0 Å². The zero-order valence-corrected chi connectivity index (χ0v) is 7.59. The van der Waals surface area contributed by atoms with Gasteiger partial charge in [0.2, 0.25) is 0 Å². The molecule has 0 nitrogen and oxygen atoms in total. The van der Waals surface area contributed by atoms with Crippen molar-refractivity contribution in [3.8, 4) is 0 Å². The fourth-order valence-corrected chi connectivity index (χ4v) is 2.94. The van der Waals surface area contributed by atoms with E-state index >= 15 is 0 Å². The summed E-state index contributed by atoms with van der Waals surface area (Å²) in [5, 5.41) is 1.75. The molecule has 1 aliphatic carbocycles. The van der Waals surface area contributed by atoms with Gasteiger partial charge in [-0.3, -0.25) is 0 Å². The first kappa shape index (κ1) is 6.81. The predicted octanol–water partition coefficient (Wildman–Crippen LogP) is 2.29. The molecular formula is C8H14Si. The molecule has 0 bridgehead atoms. The first-order chi connectivity index (χ1) is 4.22. The van der Waals surface area contributed by atoms with Crippen molar-refractivity contribution in [3.05, 3.63) is 22.9 Å². The van der Waals surface area contributed by atoms with E-state index in [0.717, 1.165) is 0 Å². The van der Waals surface area contributed by atoms with Gasteiger partial charge in [-0.25, -0.2) is 0 Å². The maximum Gasteiger partial charge on any atom is 0.0603 e. The van der Waals surface area contributed by atoms with Gasteiger partial charge >= 0.3 is 0 Å². The standard InChI is InChI=1S/C8H14Si/c1-7-5-4-6-8(7)9(2)3/h4-5,9H,6H2,1-3H3. The molecule has 0 spiro atoms. The third kappa shape index (κ3) is 1.33. The van der Waals surface area contributed by atoms with E-state index < -0.39 is 8.80 Å². The number of rotatable bonds is 1. The first-order valence-corrected chi connectivity index (χ1v) is 6.46. The van der Waals surface area contributed by atoms with Gasteiger partial charge in [0.25, 0.3) is 0 Å². The van der Waals surface area contributed by atoms with E-state index in [1.165, 1.54) is 12.0 Å². The van der Waals surface area contributed by atoms with Gasteiger partial charge in [0.1, 0.15) is 0 Å². The van der Waals surface area contributed by atoms with Crippen LogP contribution in [-0.2, 0) is 0 Å². The van der Waals surface area contributed by atoms with Crippen LogP contribution >= 0.6 is 0 Å². The van der Waals surface area contributed by atoms with Crippen molar-refractivity contribution < 1.29 is 0 Å². The molecule has 0 aromatic rings. The Morgan fingerprint density at radius 3 is 2.33 bits per heavy atom. The number of hydrogen-bond acceptors (Lipinski definition) is 0. The van der Waals surface area contributed by atoms with Gasteiger partial charge in [-0.15, -0.1) is 0 Å². The Morgan fingerprint density at radius 1 is 1.44 bits per heavy atom. The lowest BCUT2D eigenvalue weighted by atomic mass is 10.3. The SMILES string of the molecule is CC1=C([SiH](C)C)CC=C1. The second kappa shape index (κ2) is 2.52. The lowest BCUT2D eigenvalue weighted by molar-refractivity contribution is 1.35. The Morgan fingerprint density at radius 2 is 2.11 bits per heavy atom. The van der Waals surface area contributed by atoms with E-state index in [4.69, 9.17) is 0 Å². The van der Waals surface area contributed by atoms with Crippen LogP contribution in [0.15, 0.2) is 22.9 Å². The summed E-state index contributed by atoms with van der Waals surface area (Å²) >= 11 is 0. The molecule has 9 heavy (non-hydrogen) atoms. The van der Waals surface area contributed by atoms with Crippen LogP contribution in [-0.4, -0.2) is 8.80 Å². The maximum absolute atomic E-state index is 2.39. The summed E-state index contributed by atoms with van der Waals surface area (Å²) in [5.41, 5.74) is 1.54. The molecule has 1 rings (SSSR count). The minimum atomic E-state index is -0.464. The van der Waals surface area contributed by atoms with Crippen LogP contribution < -0.4 is 0 Å². The molecule has 0 aliphatic heterocycles. The second-order valence-corrected chi connectivity index (χ2v) is 5.98. The highest BCUT2D eigenvalue weighted by Crippen LogP contribution is 2.20. The third-order valence-corrected chi connectivity index (χ3v) is 3.99. The van der Waals surface area contributed by atoms with Crippen LogP contribution in [0, 0.1) is 0 Å². The van der Waals surface area contributed by atoms with Crippen molar-refractivity contribution in [3.63, 3.8) is 0 Å². The highest BCUT2D eigenvalue weighted by Gasteiger charge is 2.08. The van der Waals surface area contributed by atoms with Crippen molar-refractivity contribution in [2.45, 2.75) is 26.4 Å². The molecule has 0 fully saturated rings. The quantitative estimate of drug-likeness (QED) is 0.488. The second-order valence-electron chi connectivity index (χ2n) is 2.97. The Balaban J connectivity index is 2.73. The highest BCUT2D eigenvalue weighted by molar-refractivity contribution is 6.64. The molecule has 1 aliphatic rings. The largest absolute Gasteiger partial charge is 0.0806 e. The zero-order valence-electron chi connectivity index (χ0n) is 6.44. The Kier molecular flexibility index (Phi) is 1.91. The fraction of sp³-hybridized carbons (Fsp3) is 0.500. The van der Waals surface area contributed by atoms with E-state index in [2.05, 4.69) is 32.2 Å². The Bertz CT molecular complexity index is 163. The molecule has 0 aromatic heterocycles. The van der Waals surface area contributed by atoms with Gasteiger partial charge in [-0.2, -0.15) is 0 Å². The van der Waals surface area contributed by atoms with Gasteiger partial charge < -0.3 is 0 Å². The molecule has 50 valence electrons. The van der Waals surface area contributed by atoms with Gasteiger partial charge in [0.15, 0.2) is 0 Å². The summed E-state index contributed by atoms with van der Waals surface area (Å²) < 4.78 is 0. The van der Waals surface area contributed by atoms with Gasteiger partial charge in [-0.1, -0.05) is 36.0 Å². The normalized spacial score (nSPS) is 18.2. The zero-order chi connectivity index (χ0) is 6.85. The van der Waals surface area contributed by atoms with E-state index in [1.54, 1.807) is 5.20 Å². The van der Waals surface area contributed by atoms with Crippen molar-refractivity contribution in [2.24, 2.45) is 0 Å². The van der Waals surface area contributed by atoms with E-state index in [-0.39, 0.29) is 0 Å². The van der Waals surface area contributed by atoms with Gasteiger partial charge in [-0.05, 0) is 13.3 Å². The van der Waals surface area contributed by atoms with Crippen LogP contribution in [0.3, 0.4) is 0 Å². The molecular weight excluding hydrogens is 124 g/mol. The Labute approximate surface area is 58.9 Å². The van der Waals surface area contributed by atoms with Crippen LogP contribution in [0.4, 0.5) is 0 Å². The molecule has 0 atom stereocenters. The lowest BCUT2D eigenvalue weighted by Gasteiger charge is -2.04. The molecule has 0 radical (unpaired) electrons. The van der Waals surface area contributed by atoms with Crippen molar-refractivity contribution in [1.29, 1.82) is 0 Å². The molecule has 0 unspecified atom stereocenters. The topological polar surface area (TPSA) is 0 Å². The monoisotopic (exact) mass is 138 g/mol. The molecule has 0 heterocycles. The average molecular weight is 138 g/mol. The predicted molar refractivity (Wildman–Crippen MR) is 45.3 cm³/mol. The van der Waals surface area contributed by atoms with Crippen molar-refractivity contribution in [2.75, 3.05) is 0 Å². The molecule has 0 saturated heterocycles. The van der Waals surface area contributed by atoms with E-state index in [1.807, 2.05) is 0 Å². The summed E-state index contributed by atoms with van der Waals surface area (Å²) in [6, 6.07) is 0. The molecule has 1 heteroatoms. The lowest BCUT2D eigenvalue weighted by Crippen LogP contribution is -2.04. The third-order valence-electron chi connectivity index (χ3n) is 1.91. The molecule has 0 N–H and O–H groups in total. The summed E-state index contributed by atoms with van der Waals surface area (Å²) in [6.07, 6.45) is 5.77. The highest BCUT2D eigenvalue weighted by atomic mass is 28.3. The van der Waals surface area contributed by atoms with Gasteiger partial charge in [0, 0.05) is 0 Å². The van der Waals surface area contributed by atoms with Crippen molar-refractivity contribution >= 4 is 8.80 Å².